The van der Waals surface area contributed by atoms with Crippen LogP contribution in [0.1, 0.15) is 12.1 Å². The molecule has 136 valence electrons. The van der Waals surface area contributed by atoms with Gasteiger partial charge in [-0.05, 0) is 24.3 Å². The van der Waals surface area contributed by atoms with Gasteiger partial charge in [0.05, 0.1) is 30.7 Å². The molecular formula is C18H19N3O4S. The van der Waals surface area contributed by atoms with Gasteiger partial charge in [0.15, 0.2) is 0 Å². The summed E-state index contributed by atoms with van der Waals surface area (Å²) in [4.78, 5) is 19.2. The van der Waals surface area contributed by atoms with E-state index in [1.807, 2.05) is 36.4 Å². The molecule has 4 rings (SSSR count). The molecular weight excluding hydrogens is 354 g/mol. The SMILES string of the molecule is CS(=O)(=O)N1CC2CC1C(=O)N(Cc1ccccn1)c1ccccc1O2. The molecule has 0 radical (unpaired) electrons. The number of ether oxygens (including phenoxy) is 1. The highest BCUT2D eigenvalue weighted by Gasteiger charge is 2.46. The van der Waals surface area contributed by atoms with E-state index in [-0.39, 0.29) is 25.1 Å². The van der Waals surface area contributed by atoms with Crippen molar-refractivity contribution in [1.82, 2.24) is 9.29 Å². The minimum absolute atomic E-state index is 0.182. The standard InChI is InChI=1S/C18H19N3O4S/c1-26(23,24)21-12-14-10-16(21)18(22)20(11-13-6-4-5-9-19-13)15-7-2-3-8-17(15)25-14/h2-9,14,16H,10-12H2,1H3. The first-order valence-corrected chi connectivity index (χ1v) is 10.2. The van der Waals surface area contributed by atoms with Crippen molar-refractivity contribution in [3.8, 4) is 5.75 Å². The third-order valence-corrected chi connectivity index (χ3v) is 5.95. The number of rotatable bonds is 3. The first-order chi connectivity index (χ1) is 12.4. The van der Waals surface area contributed by atoms with Gasteiger partial charge in [0, 0.05) is 12.6 Å². The number of fused-ring (bicyclic) bond motifs is 3. The van der Waals surface area contributed by atoms with E-state index < -0.39 is 16.1 Å². The van der Waals surface area contributed by atoms with Crippen LogP contribution >= 0.6 is 0 Å². The quantitative estimate of drug-likeness (QED) is 0.813. The second kappa shape index (κ2) is 6.37. The number of nitrogens with zero attached hydrogens (tertiary/aromatic N) is 3. The first kappa shape index (κ1) is 17.0. The van der Waals surface area contributed by atoms with Crippen LogP contribution in [-0.4, -0.2) is 48.6 Å². The Balaban J connectivity index is 1.79. The van der Waals surface area contributed by atoms with Crippen LogP contribution in [-0.2, 0) is 21.4 Å². The van der Waals surface area contributed by atoms with Crippen molar-refractivity contribution >= 4 is 21.6 Å². The number of aromatic nitrogens is 1. The van der Waals surface area contributed by atoms with E-state index in [1.165, 1.54) is 4.31 Å². The summed E-state index contributed by atoms with van der Waals surface area (Å²) < 4.78 is 31.6. The van der Waals surface area contributed by atoms with Crippen LogP contribution in [0.4, 0.5) is 5.69 Å². The number of hydrogen-bond donors (Lipinski definition) is 0. The highest BCUT2D eigenvalue weighted by atomic mass is 32.2. The minimum atomic E-state index is -3.52. The third kappa shape index (κ3) is 3.06. The van der Waals surface area contributed by atoms with Gasteiger partial charge in [-0.1, -0.05) is 18.2 Å². The predicted octanol–water partition coefficient (Wildman–Crippen LogP) is 1.41. The number of anilines is 1. The molecule has 7 nitrogen and oxygen atoms in total. The van der Waals surface area contributed by atoms with Gasteiger partial charge >= 0.3 is 0 Å². The lowest BCUT2D eigenvalue weighted by Gasteiger charge is -2.31. The Morgan fingerprint density at radius 2 is 1.96 bits per heavy atom. The average Bonchev–Trinajstić information content (AvgIpc) is 3.05. The van der Waals surface area contributed by atoms with Crippen molar-refractivity contribution in [2.75, 3.05) is 17.7 Å². The largest absolute Gasteiger partial charge is 0.487 e. The van der Waals surface area contributed by atoms with Crippen molar-refractivity contribution < 1.29 is 17.9 Å². The van der Waals surface area contributed by atoms with Crippen molar-refractivity contribution in [3.63, 3.8) is 0 Å². The van der Waals surface area contributed by atoms with Gasteiger partial charge in [0.25, 0.3) is 0 Å². The van der Waals surface area contributed by atoms with Gasteiger partial charge < -0.3 is 9.64 Å². The van der Waals surface area contributed by atoms with Crippen LogP contribution in [0.25, 0.3) is 0 Å². The molecule has 2 atom stereocenters. The van der Waals surface area contributed by atoms with Gasteiger partial charge in [0.1, 0.15) is 17.9 Å². The number of carbonyl (C=O) groups is 1. The summed E-state index contributed by atoms with van der Waals surface area (Å²) in [6.07, 6.45) is 2.81. The lowest BCUT2D eigenvalue weighted by atomic mass is 10.1. The molecule has 1 aromatic carbocycles. The Morgan fingerprint density at radius 3 is 2.69 bits per heavy atom. The van der Waals surface area contributed by atoms with Crippen molar-refractivity contribution in [1.29, 1.82) is 0 Å². The summed E-state index contributed by atoms with van der Waals surface area (Å²) in [5.41, 5.74) is 1.35. The Labute approximate surface area is 152 Å². The molecule has 1 saturated heterocycles. The van der Waals surface area contributed by atoms with Gasteiger partial charge in [-0.3, -0.25) is 9.78 Å². The Bertz CT molecular complexity index is 932. The van der Waals surface area contributed by atoms with Crippen LogP contribution in [0.5, 0.6) is 5.75 Å². The Kier molecular flexibility index (Phi) is 4.16. The zero-order valence-corrected chi connectivity index (χ0v) is 15.1. The van der Waals surface area contributed by atoms with Gasteiger partial charge in [-0.25, -0.2) is 8.42 Å². The molecule has 0 spiro atoms. The Hall–Kier alpha value is -2.45. The van der Waals surface area contributed by atoms with Gasteiger partial charge in [0.2, 0.25) is 15.9 Å². The van der Waals surface area contributed by atoms with Crippen molar-refractivity contribution in [2.24, 2.45) is 0 Å². The maximum atomic E-state index is 13.3. The van der Waals surface area contributed by atoms with Crippen molar-refractivity contribution in [2.45, 2.75) is 25.1 Å². The fourth-order valence-corrected chi connectivity index (χ4v) is 4.60. The lowest BCUT2D eigenvalue weighted by molar-refractivity contribution is -0.122. The van der Waals surface area contributed by atoms with Crippen molar-refractivity contribution in [3.05, 3.63) is 54.4 Å². The number of para-hydroxylation sites is 2. The summed E-state index contributed by atoms with van der Waals surface area (Å²) in [7, 11) is -3.52. The highest BCUT2D eigenvalue weighted by Crippen LogP contribution is 2.37. The van der Waals surface area contributed by atoms with E-state index in [4.69, 9.17) is 4.74 Å². The molecule has 26 heavy (non-hydrogen) atoms. The molecule has 2 unspecified atom stereocenters. The maximum Gasteiger partial charge on any atom is 0.246 e. The van der Waals surface area contributed by atoms with E-state index in [9.17, 15) is 13.2 Å². The van der Waals surface area contributed by atoms with Crippen LogP contribution in [0.2, 0.25) is 0 Å². The zero-order chi connectivity index (χ0) is 18.3. The van der Waals surface area contributed by atoms with Gasteiger partial charge in [-0.2, -0.15) is 4.31 Å². The van der Waals surface area contributed by atoms with E-state index >= 15 is 0 Å². The second-order valence-electron chi connectivity index (χ2n) is 6.54. The molecule has 0 N–H and O–H groups in total. The number of carbonyl (C=O) groups excluding carboxylic acids is 1. The van der Waals surface area contributed by atoms with E-state index in [0.29, 0.717) is 17.9 Å². The summed E-state index contributed by atoms with van der Waals surface area (Å²) >= 11 is 0. The zero-order valence-electron chi connectivity index (χ0n) is 14.3. The molecule has 1 aromatic heterocycles. The predicted molar refractivity (Wildman–Crippen MR) is 96.2 cm³/mol. The maximum absolute atomic E-state index is 13.3. The average molecular weight is 373 g/mol. The molecule has 2 aromatic rings. The number of benzene rings is 1. The summed E-state index contributed by atoms with van der Waals surface area (Å²) in [6, 6.07) is 12.0. The van der Waals surface area contributed by atoms with Gasteiger partial charge in [-0.15, -0.1) is 0 Å². The van der Waals surface area contributed by atoms with E-state index in [0.717, 1.165) is 11.9 Å². The lowest BCUT2D eigenvalue weighted by Crippen LogP contribution is -2.47. The summed E-state index contributed by atoms with van der Waals surface area (Å²) in [6.45, 7) is 0.430. The first-order valence-electron chi connectivity index (χ1n) is 8.37. The van der Waals surface area contributed by atoms with E-state index in [1.54, 1.807) is 17.2 Å². The number of hydrogen-bond acceptors (Lipinski definition) is 5. The van der Waals surface area contributed by atoms with Crippen LogP contribution < -0.4 is 9.64 Å². The Morgan fingerprint density at radius 1 is 1.19 bits per heavy atom. The monoisotopic (exact) mass is 373 g/mol. The smallest absolute Gasteiger partial charge is 0.246 e. The number of sulfonamides is 1. The minimum Gasteiger partial charge on any atom is -0.487 e. The molecule has 2 bridgehead atoms. The topological polar surface area (TPSA) is 79.8 Å². The third-order valence-electron chi connectivity index (χ3n) is 4.69. The molecule has 1 amide bonds. The summed E-state index contributed by atoms with van der Waals surface area (Å²) in [5.74, 6) is 0.329. The highest BCUT2D eigenvalue weighted by molar-refractivity contribution is 7.88. The van der Waals surface area contributed by atoms with Crippen LogP contribution in [0.15, 0.2) is 48.7 Å². The summed E-state index contributed by atoms with van der Waals surface area (Å²) in [5, 5.41) is 0. The molecule has 3 heterocycles. The molecule has 8 heteroatoms. The molecule has 0 aliphatic carbocycles. The fourth-order valence-electron chi connectivity index (χ4n) is 3.52. The molecule has 2 aliphatic heterocycles. The number of amides is 1. The van der Waals surface area contributed by atoms with Crippen LogP contribution in [0, 0.1) is 0 Å². The van der Waals surface area contributed by atoms with Crippen LogP contribution in [0.3, 0.4) is 0 Å². The normalized spacial score (nSPS) is 23.1. The second-order valence-corrected chi connectivity index (χ2v) is 8.47. The molecule has 1 fully saturated rings. The fraction of sp³-hybridized carbons (Fsp3) is 0.333. The molecule has 0 saturated carbocycles. The molecule has 2 aliphatic rings. The number of pyridine rings is 1. The van der Waals surface area contributed by atoms with E-state index in [2.05, 4.69) is 4.98 Å².